The molecule has 1 aromatic carbocycles. The molecule has 1 aromatic heterocycles. The molecule has 2 aromatic rings. The van der Waals surface area contributed by atoms with Gasteiger partial charge in [0.25, 0.3) is 0 Å². The van der Waals surface area contributed by atoms with Gasteiger partial charge in [0.15, 0.2) is 0 Å². The number of nitrogens with one attached hydrogen (secondary N) is 2. The fraction of sp³-hybridized carbons (Fsp3) is 0.467. The summed E-state index contributed by atoms with van der Waals surface area (Å²) in [4.78, 5) is 3.65. The number of H-pyrrole nitrogens is 1. The fourth-order valence-electron chi connectivity index (χ4n) is 3.21. The molecule has 0 bridgehead atoms. The summed E-state index contributed by atoms with van der Waals surface area (Å²) in [6, 6.07) is 5.10. The zero-order chi connectivity index (χ0) is 12.0. The van der Waals surface area contributed by atoms with Crippen LogP contribution in [-0.4, -0.2) is 12.0 Å². The van der Waals surface area contributed by atoms with Gasteiger partial charge in [-0.25, -0.2) is 0 Å². The number of hydrogen-bond acceptors (Lipinski definition) is 1. The summed E-state index contributed by atoms with van der Waals surface area (Å²) in [6.45, 7) is 4.38. The van der Waals surface area contributed by atoms with E-state index in [1.54, 1.807) is 0 Å². The second kappa shape index (κ2) is 3.88. The first-order chi connectivity index (χ1) is 8.20. The van der Waals surface area contributed by atoms with Crippen LogP contribution in [0.25, 0.3) is 10.9 Å². The molecule has 0 saturated heterocycles. The number of aromatic nitrogens is 1. The van der Waals surface area contributed by atoms with Gasteiger partial charge in [-0.05, 0) is 57.4 Å². The maximum atomic E-state index is 3.65. The van der Waals surface area contributed by atoms with Crippen molar-refractivity contribution in [2.75, 3.05) is 7.05 Å². The van der Waals surface area contributed by atoms with Crippen LogP contribution in [0, 0.1) is 13.8 Å². The highest BCUT2D eigenvalue weighted by Crippen LogP contribution is 2.35. The Morgan fingerprint density at radius 2 is 2.12 bits per heavy atom. The molecule has 3 rings (SSSR count). The van der Waals surface area contributed by atoms with Crippen molar-refractivity contribution in [3.63, 3.8) is 0 Å². The first-order valence-corrected chi connectivity index (χ1v) is 6.49. The fourth-order valence-corrected chi connectivity index (χ4v) is 3.21. The monoisotopic (exact) mass is 228 g/mol. The lowest BCUT2D eigenvalue weighted by Crippen LogP contribution is -2.21. The van der Waals surface area contributed by atoms with E-state index in [1.807, 2.05) is 0 Å². The summed E-state index contributed by atoms with van der Waals surface area (Å²) < 4.78 is 0. The number of benzene rings is 1. The molecule has 0 spiro atoms. The molecule has 0 radical (unpaired) electrons. The maximum absolute atomic E-state index is 3.65. The van der Waals surface area contributed by atoms with Crippen LogP contribution >= 0.6 is 0 Å². The number of aromatic amines is 1. The highest BCUT2D eigenvalue weighted by Gasteiger charge is 2.23. The third-order valence-electron chi connectivity index (χ3n) is 4.01. The molecule has 1 atom stereocenters. The predicted octanol–water partition coefficient (Wildman–Crippen LogP) is 3.38. The molecule has 17 heavy (non-hydrogen) atoms. The Morgan fingerprint density at radius 3 is 2.88 bits per heavy atom. The van der Waals surface area contributed by atoms with E-state index < -0.39 is 0 Å². The van der Waals surface area contributed by atoms with Gasteiger partial charge < -0.3 is 10.3 Å². The Balaban J connectivity index is 2.30. The SMILES string of the molecule is CNC1CCCc2c1[nH]c1c(C)cc(C)cc21. The summed E-state index contributed by atoms with van der Waals surface area (Å²) in [7, 11) is 2.06. The lowest BCUT2D eigenvalue weighted by Gasteiger charge is -2.21. The van der Waals surface area contributed by atoms with Gasteiger partial charge in [-0.3, -0.25) is 0 Å². The van der Waals surface area contributed by atoms with E-state index in [4.69, 9.17) is 0 Å². The average Bonchev–Trinajstić information content (AvgIpc) is 2.68. The van der Waals surface area contributed by atoms with Crippen LogP contribution in [0.4, 0.5) is 0 Å². The highest BCUT2D eigenvalue weighted by molar-refractivity contribution is 5.88. The van der Waals surface area contributed by atoms with Crippen molar-refractivity contribution in [3.05, 3.63) is 34.5 Å². The summed E-state index contributed by atoms with van der Waals surface area (Å²) in [6.07, 6.45) is 3.75. The number of hydrogen-bond donors (Lipinski definition) is 2. The van der Waals surface area contributed by atoms with Crippen molar-refractivity contribution in [2.24, 2.45) is 0 Å². The Kier molecular flexibility index (Phi) is 2.48. The second-order valence-corrected chi connectivity index (χ2v) is 5.26. The molecular formula is C15H20N2. The van der Waals surface area contributed by atoms with Crippen LogP contribution < -0.4 is 5.32 Å². The molecule has 0 fully saturated rings. The summed E-state index contributed by atoms with van der Waals surface area (Å²) >= 11 is 0. The first-order valence-electron chi connectivity index (χ1n) is 6.49. The van der Waals surface area contributed by atoms with Crippen LogP contribution in [0.1, 0.15) is 41.3 Å². The molecule has 1 heterocycles. The van der Waals surface area contributed by atoms with Gasteiger partial charge in [-0.15, -0.1) is 0 Å². The van der Waals surface area contributed by atoms with Crippen molar-refractivity contribution in [1.82, 2.24) is 10.3 Å². The molecule has 2 nitrogen and oxygen atoms in total. The minimum absolute atomic E-state index is 0.505. The van der Waals surface area contributed by atoms with Gasteiger partial charge in [0, 0.05) is 22.6 Å². The molecule has 0 amide bonds. The van der Waals surface area contributed by atoms with E-state index in [0.29, 0.717) is 6.04 Å². The topological polar surface area (TPSA) is 27.8 Å². The zero-order valence-corrected chi connectivity index (χ0v) is 10.9. The predicted molar refractivity (Wildman–Crippen MR) is 72.5 cm³/mol. The average molecular weight is 228 g/mol. The number of aryl methyl sites for hydroxylation is 3. The van der Waals surface area contributed by atoms with Gasteiger partial charge in [0.05, 0.1) is 0 Å². The van der Waals surface area contributed by atoms with E-state index in [1.165, 1.54) is 52.5 Å². The van der Waals surface area contributed by atoms with Crippen LogP contribution in [0.2, 0.25) is 0 Å². The minimum atomic E-state index is 0.505. The Bertz CT molecular complexity index is 566. The molecule has 2 heteroatoms. The standard InChI is InChI=1S/C15H20N2/c1-9-7-10(2)14-12(8-9)11-5-4-6-13(16-3)15(11)17-14/h7-8,13,16-17H,4-6H2,1-3H3. The lowest BCUT2D eigenvalue weighted by atomic mass is 9.91. The van der Waals surface area contributed by atoms with Crippen LogP contribution in [0.3, 0.4) is 0 Å². The molecule has 0 saturated carbocycles. The van der Waals surface area contributed by atoms with Crippen molar-refractivity contribution < 1.29 is 0 Å². The quantitative estimate of drug-likeness (QED) is 0.769. The minimum Gasteiger partial charge on any atom is -0.357 e. The molecule has 0 aliphatic heterocycles. The maximum Gasteiger partial charge on any atom is 0.0489 e. The molecule has 2 N–H and O–H groups in total. The summed E-state index contributed by atoms with van der Waals surface area (Å²) in [5.74, 6) is 0. The Morgan fingerprint density at radius 1 is 1.29 bits per heavy atom. The van der Waals surface area contributed by atoms with Crippen molar-refractivity contribution in [1.29, 1.82) is 0 Å². The smallest absolute Gasteiger partial charge is 0.0489 e. The van der Waals surface area contributed by atoms with Gasteiger partial charge in [-0.2, -0.15) is 0 Å². The molecule has 90 valence electrons. The van der Waals surface area contributed by atoms with E-state index in [9.17, 15) is 0 Å². The van der Waals surface area contributed by atoms with Gasteiger partial charge >= 0.3 is 0 Å². The van der Waals surface area contributed by atoms with Gasteiger partial charge in [-0.1, -0.05) is 11.6 Å². The van der Waals surface area contributed by atoms with Crippen LogP contribution in [0.5, 0.6) is 0 Å². The highest BCUT2D eigenvalue weighted by atomic mass is 14.9. The summed E-state index contributed by atoms with van der Waals surface area (Å²) in [5.41, 5.74) is 7.02. The zero-order valence-electron chi connectivity index (χ0n) is 10.9. The van der Waals surface area contributed by atoms with Crippen molar-refractivity contribution in [2.45, 2.75) is 39.2 Å². The largest absolute Gasteiger partial charge is 0.357 e. The molecule has 1 aliphatic carbocycles. The number of fused-ring (bicyclic) bond motifs is 3. The van der Waals surface area contributed by atoms with E-state index >= 15 is 0 Å². The third kappa shape index (κ3) is 1.59. The van der Waals surface area contributed by atoms with E-state index in [0.717, 1.165) is 0 Å². The Hall–Kier alpha value is -1.28. The van der Waals surface area contributed by atoms with Crippen molar-refractivity contribution >= 4 is 10.9 Å². The van der Waals surface area contributed by atoms with E-state index in [-0.39, 0.29) is 0 Å². The van der Waals surface area contributed by atoms with Crippen LogP contribution in [-0.2, 0) is 6.42 Å². The van der Waals surface area contributed by atoms with E-state index in [2.05, 4.69) is 43.3 Å². The first kappa shape index (κ1) is 10.8. The van der Waals surface area contributed by atoms with Gasteiger partial charge in [0.1, 0.15) is 0 Å². The molecule has 1 aliphatic rings. The van der Waals surface area contributed by atoms with Gasteiger partial charge in [0.2, 0.25) is 0 Å². The van der Waals surface area contributed by atoms with Crippen LogP contribution in [0.15, 0.2) is 12.1 Å². The molecule has 1 unspecified atom stereocenters. The number of rotatable bonds is 1. The lowest BCUT2D eigenvalue weighted by molar-refractivity contribution is 0.489. The summed E-state index contributed by atoms with van der Waals surface area (Å²) in [5, 5.41) is 4.87. The molecular weight excluding hydrogens is 208 g/mol. The Labute approximate surface area is 102 Å². The third-order valence-corrected chi connectivity index (χ3v) is 4.01. The second-order valence-electron chi connectivity index (χ2n) is 5.26. The normalized spacial score (nSPS) is 19.6. The van der Waals surface area contributed by atoms with Crippen molar-refractivity contribution in [3.8, 4) is 0 Å².